The minimum Gasteiger partial charge on any atom is -0.467 e. The van der Waals surface area contributed by atoms with E-state index in [0.717, 1.165) is 35.7 Å². The van der Waals surface area contributed by atoms with Gasteiger partial charge in [-0.3, -0.25) is 4.79 Å². The van der Waals surface area contributed by atoms with Crippen LogP contribution >= 0.6 is 11.6 Å². The van der Waals surface area contributed by atoms with Crippen molar-refractivity contribution in [3.8, 4) is 0 Å². The second kappa shape index (κ2) is 9.91. The minimum absolute atomic E-state index is 0.123. The second-order valence-electron chi connectivity index (χ2n) is 8.45. The molecule has 0 saturated carbocycles. The van der Waals surface area contributed by atoms with Crippen molar-refractivity contribution in [3.63, 3.8) is 0 Å². The number of anilines is 2. The van der Waals surface area contributed by atoms with Gasteiger partial charge in [0.1, 0.15) is 17.8 Å². The quantitative estimate of drug-likeness (QED) is 0.543. The van der Waals surface area contributed by atoms with E-state index in [1.165, 1.54) is 0 Å². The van der Waals surface area contributed by atoms with E-state index in [1.807, 2.05) is 61.5 Å². The first-order valence-corrected chi connectivity index (χ1v) is 11.9. The summed E-state index contributed by atoms with van der Waals surface area (Å²) in [6.07, 6.45) is 2.19. The number of nitrogens with zero attached hydrogens (tertiary/aromatic N) is 3. The molecule has 0 spiro atoms. The van der Waals surface area contributed by atoms with E-state index < -0.39 is 6.04 Å². The van der Waals surface area contributed by atoms with Gasteiger partial charge in [0.05, 0.1) is 36.6 Å². The maximum absolute atomic E-state index is 13.6. The molecule has 1 saturated heterocycles. The molecule has 34 heavy (non-hydrogen) atoms. The Labute approximate surface area is 203 Å². The predicted octanol–water partition coefficient (Wildman–Crippen LogP) is 4.95. The number of amides is 1. The molecule has 3 heterocycles. The number of hydrazone groups is 1. The zero-order valence-electron chi connectivity index (χ0n) is 19.0. The minimum atomic E-state index is -0.493. The van der Waals surface area contributed by atoms with Gasteiger partial charge in [-0.25, -0.2) is 5.01 Å². The molecule has 2 aromatic carbocycles. The lowest BCUT2D eigenvalue weighted by Crippen LogP contribution is -2.40. The van der Waals surface area contributed by atoms with Crippen molar-refractivity contribution in [2.24, 2.45) is 5.10 Å². The molecule has 1 amide bonds. The Kier molecular flexibility index (Phi) is 6.56. The number of benzene rings is 2. The summed E-state index contributed by atoms with van der Waals surface area (Å²) in [5.41, 5.74) is 3.75. The maximum atomic E-state index is 13.6. The normalized spacial score (nSPS) is 19.1. The van der Waals surface area contributed by atoms with Crippen LogP contribution in [-0.4, -0.2) is 49.0 Å². The lowest BCUT2D eigenvalue weighted by atomic mass is 10.0. The molecule has 1 N–H and O–H groups in total. The van der Waals surface area contributed by atoms with Gasteiger partial charge in [0.25, 0.3) is 5.91 Å². The van der Waals surface area contributed by atoms with Crippen molar-refractivity contribution in [2.45, 2.75) is 25.4 Å². The smallest absolute Gasteiger partial charge is 0.265 e. The van der Waals surface area contributed by atoms with Gasteiger partial charge in [0.2, 0.25) is 0 Å². The highest BCUT2D eigenvalue weighted by Crippen LogP contribution is 2.34. The molecular weight excluding hydrogens is 452 g/mol. The highest BCUT2D eigenvalue weighted by Gasteiger charge is 2.37. The molecule has 3 aromatic rings. The van der Waals surface area contributed by atoms with Gasteiger partial charge in [0, 0.05) is 24.5 Å². The van der Waals surface area contributed by atoms with Crippen LogP contribution in [0.4, 0.5) is 11.4 Å². The molecule has 2 aliphatic heterocycles. The van der Waals surface area contributed by atoms with Gasteiger partial charge in [-0.2, -0.15) is 5.10 Å². The number of rotatable bonds is 6. The molecule has 2 aliphatic rings. The van der Waals surface area contributed by atoms with E-state index >= 15 is 0 Å². The number of carbonyl (C=O) groups excluding carboxylic acids is 1. The van der Waals surface area contributed by atoms with Crippen molar-refractivity contribution < 1.29 is 13.9 Å². The van der Waals surface area contributed by atoms with Gasteiger partial charge in [0.15, 0.2) is 0 Å². The summed E-state index contributed by atoms with van der Waals surface area (Å²) < 4.78 is 11.2. The monoisotopic (exact) mass is 478 g/mol. The van der Waals surface area contributed by atoms with E-state index in [-0.39, 0.29) is 11.9 Å². The Hall–Kier alpha value is -3.29. The summed E-state index contributed by atoms with van der Waals surface area (Å²) >= 11 is 6.06. The van der Waals surface area contributed by atoms with Crippen molar-refractivity contribution in [1.29, 1.82) is 0 Å². The first-order chi connectivity index (χ1) is 16.6. The van der Waals surface area contributed by atoms with Crippen molar-refractivity contribution in [3.05, 3.63) is 83.3 Å². The molecule has 0 radical (unpaired) electrons. The molecule has 5 rings (SSSR count). The maximum Gasteiger partial charge on any atom is 0.265 e. The molecule has 2 unspecified atom stereocenters. The fourth-order valence-electron chi connectivity index (χ4n) is 4.40. The van der Waals surface area contributed by atoms with Crippen molar-refractivity contribution >= 4 is 34.6 Å². The highest BCUT2D eigenvalue weighted by molar-refractivity contribution is 6.30. The lowest BCUT2D eigenvalue weighted by molar-refractivity contribution is -0.133. The standard InChI is InChI=1S/C26H27ClN4O3/c1-18(28-21-5-2-3-6-23(21)30-12-15-33-16-13-30)26(32)31-24(25-7-4-14-34-25)17-22(29-31)19-8-10-20(27)11-9-19/h2-11,14,18,24,28H,12-13,15-17H2,1H3. The molecular formula is C26H27ClN4O3. The van der Waals surface area contributed by atoms with E-state index in [9.17, 15) is 4.79 Å². The van der Waals surface area contributed by atoms with Gasteiger partial charge in [-0.05, 0) is 48.9 Å². The summed E-state index contributed by atoms with van der Waals surface area (Å²) in [5.74, 6) is 0.587. The number of furan rings is 1. The van der Waals surface area contributed by atoms with Crippen LogP contribution in [0.2, 0.25) is 5.02 Å². The van der Waals surface area contributed by atoms with Crippen molar-refractivity contribution in [1.82, 2.24) is 5.01 Å². The Morgan fingerprint density at radius 2 is 1.85 bits per heavy atom. The molecule has 1 fully saturated rings. The third-order valence-corrected chi connectivity index (χ3v) is 6.44. The number of morpholine rings is 1. The largest absolute Gasteiger partial charge is 0.467 e. The SMILES string of the molecule is CC(Nc1ccccc1N1CCOCC1)C(=O)N1N=C(c2ccc(Cl)cc2)CC1c1ccco1. The Balaban J connectivity index is 1.39. The van der Waals surface area contributed by atoms with Crippen molar-refractivity contribution in [2.75, 3.05) is 36.5 Å². The fourth-order valence-corrected chi connectivity index (χ4v) is 4.53. The van der Waals surface area contributed by atoms with Crippen LogP contribution in [0.5, 0.6) is 0 Å². The third kappa shape index (κ3) is 4.67. The number of carbonyl (C=O) groups is 1. The fraction of sp³-hybridized carbons (Fsp3) is 0.308. The average Bonchev–Trinajstić information content (AvgIpc) is 3.55. The molecule has 176 valence electrons. The van der Waals surface area contributed by atoms with Gasteiger partial charge in [-0.15, -0.1) is 0 Å². The zero-order valence-corrected chi connectivity index (χ0v) is 19.7. The molecule has 0 bridgehead atoms. The van der Waals surface area contributed by atoms with Gasteiger partial charge < -0.3 is 19.4 Å². The zero-order chi connectivity index (χ0) is 23.5. The third-order valence-electron chi connectivity index (χ3n) is 6.18. The molecule has 1 aromatic heterocycles. The summed E-state index contributed by atoms with van der Waals surface area (Å²) in [5, 5.41) is 10.4. The van der Waals surface area contributed by atoms with E-state index in [2.05, 4.69) is 16.3 Å². The van der Waals surface area contributed by atoms with Crippen LogP contribution in [-0.2, 0) is 9.53 Å². The number of halogens is 1. The molecule has 7 nitrogen and oxygen atoms in total. The van der Waals surface area contributed by atoms with E-state index in [1.54, 1.807) is 11.3 Å². The number of ether oxygens (including phenoxy) is 1. The number of hydrogen-bond donors (Lipinski definition) is 1. The summed E-state index contributed by atoms with van der Waals surface area (Å²) in [6, 6.07) is 18.5. The Morgan fingerprint density at radius 3 is 2.59 bits per heavy atom. The number of nitrogens with one attached hydrogen (secondary N) is 1. The van der Waals surface area contributed by atoms with Crippen LogP contribution < -0.4 is 10.2 Å². The summed E-state index contributed by atoms with van der Waals surface area (Å²) in [7, 11) is 0. The molecule has 0 aliphatic carbocycles. The second-order valence-corrected chi connectivity index (χ2v) is 8.89. The number of hydrogen-bond acceptors (Lipinski definition) is 6. The predicted molar refractivity (Wildman–Crippen MR) is 133 cm³/mol. The summed E-state index contributed by atoms with van der Waals surface area (Å²) in [6.45, 7) is 4.91. The van der Waals surface area contributed by atoms with Crippen LogP contribution in [0.1, 0.15) is 30.7 Å². The summed E-state index contributed by atoms with van der Waals surface area (Å²) in [4.78, 5) is 15.9. The molecule has 2 atom stereocenters. The molecule has 8 heteroatoms. The van der Waals surface area contributed by atoms with Crippen LogP contribution in [0.25, 0.3) is 0 Å². The Morgan fingerprint density at radius 1 is 1.09 bits per heavy atom. The first kappa shape index (κ1) is 22.5. The van der Waals surface area contributed by atoms with Gasteiger partial charge in [-0.1, -0.05) is 35.9 Å². The number of para-hydroxylation sites is 2. The highest BCUT2D eigenvalue weighted by atomic mass is 35.5. The van der Waals surface area contributed by atoms with Crippen LogP contribution in [0.15, 0.2) is 76.4 Å². The topological polar surface area (TPSA) is 70.3 Å². The Bertz CT molecular complexity index is 1160. The van der Waals surface area contributed by atoms with E-state index in [4.69, 9.17) is 25.9 Å². The lowest BCUT2D eigenvalue weighted by Gasteiger charge is -2.31. The van der Waals surface area contributed by atoms with Crippen LogP contribution in [0, 0.1) is 0 Å². The first-order valence-electron chi connectivity index (χ1n) is 11.5. The average molecular weight is 479 g/mol. The van der Waals surface area contributed by atoms with Gasteiger partial charge >= 0.3 is 0 Å². The van der Waals surface area contributed by atoms with Crippen LogP contribution in [0.3, 0.4) is 0 Å². The van der Waals surface area contributed by atoms with E-state index in [0.29, 0.717) is 30.4 Å².